The molecule has 0 aliphatic carbocycles. The van der Waals surface area contributed by atoms with Crippen molar-refractivity contribution in [3.05, 3.63) is 58.7 Å². The zero-order chi connectivity index (χ0) is 19.6. The maximum atomic E-state index is 5.54. The molecule has 2 N–H and O–H groups in total. The summed E-state index contributed by atoms with van der Waals surface area (Å²) in [6.45, 7) is 5.73. The predicted molar refractivity (Wildman–Crippen MR) is 110 cm³/mol. The molecule has 2 aromatic rings. The molecule has 0 spiro atoms. The van der Waals surface area contributed by atoms with Gasteiger partial charge in [-0.25, -0.2) is 0 Å². The zero-order valence-corrected chi connectivity index (χ0v) is 16.4. The van der Waals surface area contributed by atoms with Gasteiger partial charge in [0.2, 0.25) is 0 Å². The molecular formula is C22H27N3O2. The fourth-order valence-corrected chi connectivity index (χ4v) is 2.69. The molecule has 0 radical (unpaired) electrons. The van der Waals surface area contributed by atoms with Crippen LogP contribution in [-0.2, 0) is 13.1 Å². The van der Waals surface area contributed by atoms with E-state index in [2.05, 4.69) is 53.6 Å². The molecule has 0 aromatic heterocycles. The van der Waals surface area contributed by atoms with Gasteiger partial charge >= 0.3 is 0 Å². The van der Waals surface area contributed by atoms with Crippen molar-refractivity contribution < 1.29 is 9.47 Å². The van der Waals surface area contributed by atoms with Crippen LogP contribution in [-0.4, -0.2) is 26.7 Å². The van der Waals surface area contributed by atoms with Crippen molar-refractivity contribution in [3.63, 3.8) is 0 Å². The number of benzene rings is 2. The Morgan fingerprint density at radius 1 is 1.07 bits per heavy atom. The molecule has 0 unspecified atom stereocenters. The first-order chi connectivity index (χ1) is 13.1. The second-order valence-corrected chi connectivity index (χ2v) is 6.19. The first kappa shape index (κ1) is 20.2. The quantitative estimate of drug-likeness (QED) is 0.449. The van der Waals surface area contributed by atoms with E-state index in [4.69, 9.17) is 15.9 Å². The summed E-state index contributed by atoms with van der Waals surface area (Å²) in [5.41, 5.74) is 4.82. The zero-order valence-electron chi connectivity index (χ0n) is 16.4. The van der Waals surface area contributed by atoms with Crippen molar-refractivity contribution in [1.82, 2.24) is 10.6 Å². The number of hydrogen-bond acceptors (Lipinski definition) is 3. The Morgan fingerprint density at radius 3 is 2.52 bits per heavy atom. The molecule has 0 saturated heterocycles. The lowest BCUT2D eigenvalue weighted by molar-refractivity contribution is 0.330. The molecule has 0 atom stereocenters. The van der Waals surface area contributed by atoms with E-state index >= 15 is 0 Å². The molecule has 0 aliphatic rings. The number of terminal acetylenes is 1. The minimum atomic E-state index is 0.201. The van der Waals surface area contributed by atoms with Crippen molar-refractivity contribution in [2.75, 3.05) is 20.8 Å². The molecule has 0 saturated carbocycles. The third kappa shape index (κ3) is 5.96. The van der Waals surface area contributed by atoms with Crippen LogP contribution < -0.4 is 20.1 Å². The fraction of sp³-hybridized carbons (Fsp3) is 0.318. The molecule has 27 heavy (non-hydrogen) atoms. The lowest BCUT2D eigenvalue weighted by Gasteiger charge is -2.15. The number of methoxy groups -OCH3 is 1. The lowest BCUT2D eigenvalue weighted by Crippen LogP contribution is -2.36. The molecule has 2 aromatic carbocycles. The van der Waals surface area contributed by atoms with Gasteiger partial charge in [-0.3, -0.25) is 4.99 Å². The van der Waals surface area contributed by atoms with Crippen LogP contribution in [0.15, 0.2) is 41.4 Å². The fourth-order valence-electron chi connectivity index (χ4n) is 2.69. The van der Waals surface area contributed by atoms with E-state index in [0.717, 1.165) is 11.5 Å². The van der Waals surface area contributed by atoms with Gasteiger partial charge in [-0.05, 0) is 42.7 Å². The van der Waals surface area contributed by atoms with E-state index in [0.29, 0.717) is 24.6 Å². The number of nitrogens with zero attached hydrogens (tertiary/aromatic N) is 1. The van der Waals surface area contributed by atoms with E-state index < -0.39 is 0 Å². The van der Waals surface area contributed by atoms with Gasteiger partial charge < -0.3 is 20.1 Å². The van der Waals surface area contributed by atoms with Gasteiger partial charge in [0.1, 0.15) is 6.61 Å². The SMILES string of the molecule is C#CCOc1cc(CNC(=NC)NCc2ccc(C)cc2C)ccc1OC. The first-order valence-corrected chi connectivity index (χ1v) is 8.81. The maximum absolute atomic E-state index is 5.54. The van der Waals surface area contributed by atoms with E-state index in [1.54, 1.807) is 14.2 Å². The molecular weight excluding hydrogens is 338 g/mol. The van der Waals surface area contributed by atoms with Gasteiger partial charge in [-0.1, -0.05) is 35.7 Å². The van der Waals surface area contributed by atoms with Crippen molar-refractivity contribution in [2.24, 2.45) is 4.99 Å². The van der Waals surface area contributed by atoms with Gasteiger partial charge in [0, 0.05) is 20.1 Å². The van der Waals surface area contributed by atoms with Gasteiger partial charge in [0.05, 0.1) is 7.11 Å². The summed E-state index contributed by atoms with van der Waals surface area (Å²) < 4.78 is 10.8. The normalized spacial score (nSPS) is 10.9. The van der Waals surface area contributed by atoms with Crippen LogP contribution in [0.1, 0.15) is 22.3 Å². The van der Waals surface area contributed by atoms with Gasteiger partial charge in [-0.2, -0.15) is 0 Å². The highest BCUT2D eigenvalue weighted by atomic mass is 16.5. The summed E-state index contributed by atoms with van der Waals surface area (Å²) in [4.78, 5) is 4.28. The standard InChI is InChI=1S/C22H27N3O2/c1-6-11-27-21-13-18(8-10-20(21)26-5)14-24-22(23-4)25-15-19-9-7-16(2)12-17(19)3/h1,7-10,12-13H,11,14-15H2,2-5H3,(H2,23,24,25). The van der Waals surface area contributed by atoms with Crippen molar-refractivity contribution in [2.45, 2.75) is 26.9 Å². The monoisotopic (exact) mass is 365 g/mol. The largest absolute Gasteiger partial charge is 0.493 e. The average Bonchev–Trinajstić information content (AvgIpc) is 2.67. The average molecular weight is 365 g/mol. The summed E-state index contributed by atoms with van der Waals surface area (Å²) in [7, 11) is 3.36. The molecule has 0 fully saturated rings. The second-order valence-electron chi connectivity index (χ2n) is 6.19. The third-order valence-corrected chi connectivity index (χ3v) is 4.17. The molecule has 0 amide bonds. The van der Waals surface area contributed by atoms with Crippen molar-refractivity contribution >= 4 is 5.96 Å². The van der Waals surface area contributed by atoms with E-state index in [9.17, 15) is 0 Å². The van der Waals surface area contributed by atoms with Crippen molar-refractivity contribution in [1.29, 1.82) is 0 Å². The Kier molecular flexibility index (Phi) is 7.57. The molecule has 142 valence electrons. The van der Waals surface area contributed by atoms with Crippen LogP contribution in [0.4, 0.5) is 0 Å². The van der Waals surface area contributed by atoms with Crippen LogP contribution in [0.5, 0.6) is 11.5 Å². The highest BCUT2D eigenvalue weighted by molar-refractivity contribution is 5.79. The van der Waals surface area contributed by atoms with Crippen LogP contribution in [0.25, 0.3) is 0 Å². The number of hydrogen-bond donors (Lipinski definition) is 2. The smallest absolute Gasteiger partial charge is 0.191 e. The number of rotatable bonds is 7. The number of aryl methyl sites for hydroxylation is 2. The second kappa shape index (κ2) is 10.1. The van der Waals surface area contributed by atoms with Gasteiger partial charge in [0.15, 0.2) is 17.5 Å². The molecule has 0 heterocycles. The summed E-state index contributed by atoms with van der Waals surface area (Å²) in [6.07, 6.45) is 5.27. The van der Waals surface area contributed by atoms with Crippen LogP contribution >= 0.6 is 0 Å². The van der Waals surface area contributed by atoms with E-state index in [-0.39, 0.29) is 6.61 Å². The Hall–Kier alpha value is -3.13. The molecule has 2 rings (SSSR count). The van der Waals surface area contributed by atoms with E-state index in [1.165, 1.54) is 16.7 Å². The highest BCUT2D eigenvalue weighted by Crippen LogP contribution is 2.27. The summed E-state index contributed by atoms with van der Waals surface area (Å²) in [5.74, 6) is 4.49. The molecule has 5 nitrogen and oxygen atoms in total. The number of nitrogens with one attached hydrogen (secondary N) is 2. The van der Waals surface area contributed by atoms with Crippen LogP contribution in [0.3, 0.4) is 0 Å². The summed E-state index contributed by atoms with van der Waals surface area (Å²) in [5, 5.41) is 6.65. The number of ether oxygens (including phenoxy) is 2. The molecule has 0 aliphatic heterocycles. The lowest BCUT2D eigenvalue weighted by atomic mass is 10.1. The Morgan fingerprint density at radius 2 is 1.85 bits per heavy atom. The summed E-state index contributed by atoms with van der Waals surface area (Å²) in [6, 6.07) is 12.2. The number of guanidine groups is 1. The van der Waals surface area contributed by atoms with Crippen LogP contribution in [0, 0.1) is 26.2 Å². The summed E-state index contributed by atoms with van der Waals surface area (Å²) >= 11 is 0. The Balaban J connectivity index is 1.96. The Bertz CT molecular complexity index is 838. The number of aliphatic imine (C=N–C) groups is 1. The topological polar surface area (TPSA) is 54.9 Å². The maximum Gasteiger partial charge on any atom is 0.191 e. The first-order valence-electron chi connectivity index (χ1n) is 8.81. The van der Waals surface area contributed by atoms with Gasteiger partial charge in [-0.15, -0.1) is 6.42 Å². The van der Waals surface area contributed by atoms with Crippen molar-refractivity contribution in [3.8, 4) is 23.8 Å². The van der Waals surface area contributed by atoms with E-state index in [1.807, 2.05) is 18.2 Å². The highest BCUT2D eigenvalue weighted by Gasteiger charge is 2.07. The Labute approximate surface area is 161 Å². The molecule has 0 bridgehead atoms. The predicted octanol–water partition coefficient (Wildman–Crippen LogP) is 3.19. The minimum absolute atomic E-state index is 0.201. The third-order valence-electron chi connectivity index (χ3n) is 4.17. The molecule has 5 heteroatoms. The van der Waals surface area contributed by atoms with Crippen LogP contribution in [0.2, 0.25) is 0 Å². The van der Waals surface area contributed by atoms with Gasteiger partial charge in [0.25, 0.3) is 0 Å². The minimum Gasteiger partial charge on any atom is -0.493 e.